The fourth-order valence-corrected chi connectivity index (χ4v) is 6.54. The van der Waals surface area contributed by atoms with E-state index in [2.05, 4.69) is 10.00 Å². The van der Waals surface area contributed by atoms with E-state index in [1.165, 1.54) is 21.3 Å². The first-order chi connectivity index (χ1) is 17.7. The number of piperazine rings is 2. The minimum Gasteiger partial charge on any atom is -0.369 e. The number of amides is 1. The molecule has 2 aliphatic rings. The van der Waals surface area contributed by atoms with E-state index in [4.69, 9.17) is 11.6 Å². The molecule has 0 unspecified atom stereocenters. The zero-order chi connectivity index (χ0) is 26.2. The number of sulfonamides is 1. The van der Waals surface area contributed by atoms with Crippen molar-refractivity contribution in [2.45, 2.75) is 5.03 Å². The molecule has 0 saturated carbocycles. The smallest absolute Gasteiger partial charge is 0.263 e. The number of anilines is 2. The number of aromatic nitrogens is 2. The van der Waals surface area contributed by atoms with Gasteiger partial charge >= 0.3 is 0 Å². The van der Waals surface area contributed by atoms with E-state index in [9.17, 15) is 17.6 Å². The Kier molecular flexibility index (Phi) is 7.11. The van der Waals surface area contributed by atoms with Crippen molar-refractivity contribution in [2.24, 2.45) is 7.05 Å². The van der Waals surface area contributed by atoms with Gasteiger partial charge < -0.3 is 14.7 Å². The Bertz CT molecular complexity index is 1400. The topological polar surface area (TPSA) is 82.0 Å². The SMILES string of the molecule is Cn1cc(C(=O)N2CCN(c3ccccc3F)CC2)c(S(=O)(=O)N2CCN(c3cccc(Cl)c3)CC2)n1. The van der Waals surface area contributed by atoms with Crippen molar-refractivity contribution in [2.75, 3.05) is 62.2 Å². The first-order valence-electron chi connectivity index (χ1n) is 12.1. The second-order valence-corrected chi connectivity index (χ2v) is 11.4. The predicted molar refractivity (Wildman–Crippen MR) is 140 cm³/mol. The van der Waals surface area contributed by atoms with Gasteiger partial charge in [-0.25, -0.2) is 12.8 Å². The van der Waals surface area contributed by atoms with Crippen LogP contribution in [0.3, 0.4) is 0 Å². The van der Waals surface area contributed by atoms with Crippen molar-refractivity contribution in [3.05, 3.63) is 71.1 Å². The molecule has 0 N–H and O–H groups in total. The molecule has 0 bridgehead atoms. The lowest BCUT2D eigenvalue weighted by Gasteiger charge is -2.36. The number of aryl methyl sites for hydroxylation is 1. The largest absolute Gasteiger partial charge is 0.369 e. The number of carbonyl (C=O) groups excluding carboxylic acids is 1. The maximum absolute atomic E-state index is 14.2. The zero-order valence-electron chi connectivity index (χ0n) is 20.4. The van der Waals surface area contributed by atoms with Crippen LogP contribution in [0, 0.1) is 5.82 Å². The zero-order valence-corrected chi connectivity index (χ0v) is 22.0. The molecule has 0 aliphatic carbocycles. The average molecular weight is 547 g/mol. The van der Waals surface area contributed by atoms with Crippen LogP contribution in [0.4, 0.5) is 15.8 Å². The van der Waals surface area contributed by atoms with Gasteiger partial charge in [-0.2, -0.15) is 9.40 Å². The maximum atomic E-state index is 14.2. The molecule has 9 nitrogen and oxygen atoms in total. The summed E-state index contributed by atoms with van der Waals surface area (Å²) in [5, 5.41) is 4.58. The van der Waals surface area contributed by atoms with E-state index in [0.717, 1.165) is 5.69 Å². The number of benzene rings is 2. The lowest BCUT2D eigenvalue weighted by Crippen LogP contribution is -2.50. The van der Waals surface area contributed by atoms with Gasteiger partial charge in [-0.15, -0.1) is 0 Å². The summed E-state index contributed by atoms with van der Waals surface area (Å²) in [7, 11) is -2.39. The van der Waals surface area contributed by atoms with Crippen molar-refractivity contribution >= 4 is 38.9 Å². The normalized spacial score (nSPS) is 17.3. The summed E-state index contributed by atoms with van der Waals surface area (Å²) < 4.78 is 44.1. The molecule has 1 amide bonds. The number of carbonyl (C=O) groups is 1. The Morgan fingerprint density at radius 3 is 2.27 bits per heavy atom. The molecule has 37 heavy (non-hydrogen) atoms. The second kappa shape index (κ2) is 10.3. The average Bonchev–Trinajstić information content (AvgIpc) is 3.31. The van der Waals surface area contributed by atoms with Gasteiger partial charge in [-0.3, -0.25) is 9.48 Å². The Morgan fingerprint density at radius 1 is 0.919 bits per heavy atom. The number of hydrogen-bond acceptors (Lipinski definition) is 6. The Hall–Kier alpha value is -3.15. The summed E-state index contributed by atoms with van der Waals surface area (Å²) in [6.45, 7) is 3.10. The molecule has 3 aromatic rings. The molecule has 3 heterocycles. The van der Waals surface area contributed by atoms with Gasteiger partial charge in [-0.1, -0.05) is 29.8 Å². The van der Waals surface area contributed by atoms with Crippen LogP contribution in [0.2, 0.25) is 5.02 Å². The van der Waals surface area contributed by atoms with Crippen LogP contribution in [0.5, 0.6) is 0 Å². The quantitative estimate of drug-likeness (QED) is 0.489. The molecule has 12 heteroatoms. The molecule has 2 aliphatic heterocycles. The minimum absolute atomic E-state index is 0.0547. The number of para-hydroxylation sites is 1. The predicted octanol–water partition coefficient (Wildman–Crippen LogP) is 2.69. The summed E-state index contributed by atoms with van der Waals surface area (Å²) >= 11 is 6.11. The summed E-state index contributed by atoms with van der Waals surface area (Å²) in [6, 6.07) is 14.0. The molecule has 2 aromatic carbocycles. The minimum atomic E-state index is -3.99. The Morgan fingerprint density at radius 2 is 1.59 bits per heavy atom. The van der Waals surface area contributed by atoms with Gasteiger partial charge in [0.15, 0.2) is 0 Å². The van der Waals surface area contributed by atoms with Crippen molar-refractivity contribution in [1.29, 1.82) is 0 Å². The van der Waals surface area contributed by atoms with E-state index in [1.807, 2.05) is 23.1 Å². The van der Waals surface area contributed by atoms with Gasteiger partial charge in [0.25, 0.3) is 15.9 Å². The summed E-state index contributed by atoms with van der Waals surface area (Å²) in [6.07, 6.45) is 1.46. The van der Waals surface area contributed by atoms with Gasteiger partial charge in [-0.05, 0) is 30.3 Å². The maximum Gasteiger partial charge on any atom is 0.263 e. The van der Waals surface area contributed by atoms with Crippen LogP contribution >= 0.6 is 11.6 Å². The van der Waals surface area contributed by atoms with E-state index < -0.39 is 15.9 Å². The van der Waals surface area contributed by atoms with E-state index >= 15 is 0 Å². The Labute approximate surface area is 220 Å². The molecule has 196 valence electrons. The lowest BCUT2D eigenvalue weighted by atomic mass is 10.2. The third-order valence-corrected chi connectivity index (χ3v) is 8.85. The van der Waals surface area contributed by atoms with Gasteiger partial charge in [0.05, 0.1) is 11.3 Å². The highest BCUT2D eigenvalue weighted by molar-refractivity contribution is 7.89. The van der Waals surface area contributed by atoms with Crippen LogP contribution < -0.4 is 9.80 Å². The highest BCUT2D eigenvalue weighted by atomic mass is 35.5. The van der Waals surface area contributed by atoms with Crippen LogP contribution in [0.25, 0.3) is 0 Å². The highest BCUT2D eigenvalue weighted by Crippen LogP contribution is 2.26. The van der Waals surface area contributed by atoms with Gasteiger partial charge in [0.2, 0.25) is 5.03 Å². The molecule has 0 spiro atoms. The van der Waals surface area contributed by atoms with Gasteiger partial charge in [0.1, 0.15) is 5.82 Å². The third kappa shape index (κ3) is 5.16. The molecule has 0 radical (unpaired) electrons. The standard InChI is InChI=1S/C25H28ClFN6O3S/c1-29-18-21(25(34)32-11-9-31(10-12-32)23-8-3-2-7-22(23)27)24(28-29)37(35,36)33-15-13-30(14-16-33)20-6-4-5-19(26)17-20/h2-8,17-18H,9-16H2,1H3. The number of halogens is 2. The van der Waals surface area contributed by atoms with Crippen molar-refractivity contribution in [3.8, 4) is 0 Å². The molecule has 2 saturated heterocycles. The monoisotopic (exact) mass is 546 g/mol. The van der Waals surface area contributed by atoms with Crippen molar-refractivity contribution in [1.82, 2.24) is 19.0 Å². The molecular weight excluding hydrogens is 519 g/mol. The van der Waals surface area contributed by atoms with Crippen molar-refractivity contribution < 1.29 is 17.6 Å². The van der Waals surface area contributed by atoms with Crippen LogP contribution in [-0.2, 0) is 17.1 Å². The van der Waals surface area contributed by atoms with E-state index in [-0.39, 0.29) is 29.5 Å². The van der Waals surface area contributed by atoms with Crippen molar-refractivity contribution in [3.63, 3.8) is 0 Å². The van der Waals surface area contributed by atoms with Gasteiger partial charge in [0, 0.05) is 76.3 Å². The molecule has 5 rings (SSSR count). The fourth-order valence-electron chi connectivity index (χ4n) is 4.82. The Balaban J connectivity index is 1.28. The number of nitrogens with zero attached hydrogens (tertiary/aromatic N) is 6. The molecular formula is C25H28ClFN6O3S. The molecule has 0 atom stereocenters. The fraction of sp³-hybridized carbons (Fsp3) is 0.360. The molecule has 2 fully saturated rings. The summed E-state index contributed by atoms with van der Waals surface area (Å²) in [5.41, 5.74) is 1.49. The summed E-state index contributed by atoms with van der Waals surface area (Å²) in [4.78, 5) is 19.0. The third-order valence-electron chi connectivity index (χ3n) is 6.78. The second-order valence-electron chi connectivity index (χ2n) is 9.12. The first-order valence-corrected chi connectivity index (χ1v) is 13.9. The number of hydrogen-bond donors (Lipinski definition) is 0. The van der Waals surface area contributed by atoms with Crippen LogP contribution in [0.15, 0.2) is 59.8 Å². The molecule has 1 aromatic heterocycles. The van der Waals surface area contributed by atoms with Crippen LogP contribution in [0.1, 0.15) is 10.4 Å². The summed E-state index contributed by atoms with van der Waals surface area (Å²) in [5.74, 6) is -0.698. The lowest BCUT2D eigenvalue weighted by molar-refractivity contribution is 0.0742. The van der Waals surface area contributed by atoms with E-state index in [1.54, 1.807) is 36.2 Å². The van der Waals surface area contributed by atoms with Crippen LogP contribution in [-0.4, -0.2) is 85.7 Å². The first kappa shape index (κ1) is 25.5. The highest BCUT2D eigenvalue weighted by Gasteiger charge is 2.36. The van der Waals surface area contributed by atoms with E-state index in [0.29, 0.717) is 50.0 Å². The number of rotatable bonds is 5.